The number of hydrogen-bond acceptors (Lipinski definition) is 3. The number of benzene rings is 1. The molecule has 1 saturated heterocycles. The largest absolute Gasteiger partial charge is 0.387 e. The number of nitrogens with one attached hydrogen (secondary N) is 1. The lowest BCUT2D eigenvalue weighted by molar-refractivity contribution is 0.115. The van der Waals surface area contributed by atoms with Crippen LogP contribution in [0.3, 0.4) is 0 Å². The van der Waals surface area contributed by atoms with Crippen LogP contribution >= 0.6 is 0 Å². The zero-order valence-electron chi connectivity index (χ0n) is 10.3. The van der Waals surface area contributed by atoms with Crippen molar-refractivity contribution in [3.05, 3.63) is 42.1 Å². The van der Waals surface area contributed by atoms with E-state index < -0.39 is 6.10 Å². The van der Waals surface area contributed by atoms with E-state index in [-0.39, 0.29) is 6.04 Å². The van der Waals surface area contributed by atoms with Gasteiger partial charge in [0.1, 0.15) is 0 Å². The molecule has 3 rings (SSSR count). The fourth-order valence-corrected chi connectivity index (χ4v) is 2.73. The molecule has 0 unspecified atom stereocenters. The summed E-state index contributed by atoms with van der Waals surface area (Å²) >= 11 is 0. The quantitative estimate of drug-likeness (QED) is 0.850. The highest BCUT2D eigenvalue weighted by Gasteiger charge is 2.24. The lowest BCUT2D eigenvalue weighted by Gasteiger charge is -2.28. The number of rotatable bonds is 2. The zero-order valence-corrected chi connectivity index (χ0v) is 10.3. The Hall–Kier alpha value is -1.45. The van der Waals surface area contributed by atoms with E-state index in [2.05, 4.69) is 10.3 Å². The number of nitrogens with zero attached hydrogens (tertiary/aromatic N) is 1. The minimum Gasteiger partial charge on any atom is -0.387 e. The molecule has 0 radical (unpaired) electrons. The Morgan fingerprint density at radius 2 is 2.11 bits per heavy atom. The van der Waals surface area contributed by atoms with Crippen LogP contribution in [0.1, 0.15) is 30.9 Å². The van der Waals surface area contributed by atoms with Gasteiger partial charge in [-0.15, -0.1) is 0 Å². The molecule has 2 aromatic rings. The number of aliphatic hydroxyl groups excluding tert-OH is 1. The van der Waals surface area contributed by atoms with Crippen LogP contribution in [0.2, 0.25) is 0 Å². The molecular formula is C15H18N2O. The van der Waals surface area contributed by atoms with Gasteiger partial charge in [0.2, 0.25) is 0 Å². The van der Waals surface area contributed by atoms with Gasteiger partial charge in [-0.05, 0) is 25.5 Å². The number of aromatic nitrogens is 1. The molecule has 94 valence electrons. The third-order valence-electron chi connectivity index (χ3n) is 3.71. The standard InChI is InChI=1S/C15H18N2O/c18-15(13-8-1-2-9-16-13)12-7-3-5-11-6-4-10-17-14(11)12/h3-7,10,13,15-16,18H,1-2,8-9H2/t13-,15-/m1/s1. The summed E-state index contributed by atoms with van der Waals surface area (Å²) in [6.07, 6.45) is 4.74. The lowest BCUT2D eigenvalue weighted by Crippen LogP contribution is -2.38. The number of para-hydroxylation sites is 1. The second kappa shape index (κ2) is 5.04. The SMILES string of the molecule is O[C@H](c1cccc2cccnc12)[C@H]1CCCCN1. The summed E-state index contributed by atoms with van der Waals surface area (Å²) in [6.45, 7) is 1.000. The summed E-state index contributed by atoms with van der Waals surface area (Å²) in [5.41, 5.74) is 1.85. The first-order chi connectivity index (χ1) is 8.86. The Bertz CT molecular complexity index is 530. The predicted molar refractivity (Wildman–Crippen MR) is 72.3 cm³/mol. The van der Waals surface area contributed by atoms with E-state index in [4.69, 9.17) is 0 Å². The molecule has 0 saturated carbocycles. The average Bonchev–Trinajstić information content (AvgIpc) is 2.47. The minimum atomic E-state index is -0.469. The molecule has 2 N–H and O–H groups in total. The highest BCUT2D eigenvalue weighted by Crippen LogP contribution is 2.27. The van der Waals surface area contributed by atoms with Crippen molar-refractivity contribution >= 4 is 10.9 Å². The van der Waals surface area contributed by atoms with E-state index in [0.29, 0.717) is 0 Å². The monoisotopic (exact) mass is 242 g/mol. The third kappa shape index (κ3) is 2.11. The Balaban J connectivity index is 1.97. The van der Waals surface area contributed by atoms with Crippen LogP contribution in [0.15, 0.2) is 36.5 Å². The molecule has 1 aromatic heterocycles. The zero-order chi connectivity index (χ0) is 12.4. The molecule has 2 atom stereocenters. The van der Waals surface area contributed by atoms with Crippen molar-refractivity contribution in [3.8, 4) is 0 Å². The Morgan fingerprint density at radius 3 is 2.94 bits per heavy atom. The summed E-state index contributed by atoms with van der Waals surface area (Å²) in [6, 6.07) is 10.1. The van der Waals surface area contributed by atoms with Gasteiger partial charge in [0.15, 0.2) is 0 Å². The van der Waals surface area contributed by atoms with Gasteiger partial charge in [0.05, 0.1) is 11.6 Å². The van der Waals surface area contributed by atoms with Crippen LogP contribution in [-0.2, 0) is 0 Å². The maximum atomic E-state index is 10.5. The highest BCUT2D eigenvalue weighted by atomic mass is 16.3. The average molecular weight is 242 g/mol. The summed E-state index contributed by atoms with van der Waals surface area (Å²) in [4.78, 5) is 4.41. The van der Waals surface area contributed by atoms with Crippen molar-refractivity contribution in [1.82, 2.24) is 10.3 Å². The molecule has 0 bridgehead atoms. The van der Waals surface area contributed by atoms with Crippen LogP contribution in [0.4, 0.5) is 0 Å². The molecule has 1 aromatic carbocycles. The van der Waals surface area contributed by atoms with Gasteiger partial charge < -0.3 is 10.4 Å². The first-order valence-electron chi connectivity index (χ1n) is 6.61. The molecule has 3 nitrogen and oxygen atoms in total. The maximum Gasteiger partial charge on any atom is 0.0963 e. The Kier molecular flexibility index (Phi) is 3.26. The van der Waals surface area contributed by atoms with E-state index in [0.717, 1.165) is 29.4 Å². The second-order valence-electron chi connectivity index (χ2n) is 4.92. The van der Waals surface area contributed by atoms with Gasteiger partial charge in [-0.3, -0.25) is 4.98 Å². The molecule has 3 heteroatoms. The van der Waals surface area contributed by atoms with Crippen molar-refractivity contribution in [2.24, 2.45) is 0 Å². The van der Waals surface area contributed by atoms with Gasteiger partial charge in [-0.2, -0.15) is 0 Å². The number of pyridine rings is 1. The third-order valence-corrected chi connectivity index (χ3v) is 3.71. The molecule has 2 heterocycles. The Labute approximate surface area is 107 Å². The first kappa shape index (κ1) is 11.6. The predicted octanol–water partition coefficient (Wildman–Crippen LogP) is 2.41. The smallest absolute Gasteiger partial charge is 0.0963 e. The number of piperidine rings is 1. The molecule has 1 aliphatic rings. The van der Waals surface area contributed by atoms with E-state index in [1.807, 2.05) is 30.3 Å². The van der Waals surface area contributed by atoms with Gasteiger partial charge in [-0.1, -0.05) is 30.7 Å². The van der Waals surface area contributed by atoms with Crippen LogP contribution in [0, 0.1) is 0 Å². The van der Waals surface area contributed by atoms with Crippen molar-refractivity contribution in [2.75, 3.05) is 6.54 Å². The summed E-state index contributed by atoms with van der Waals surface area (Å²) in [7, 11) is 0. The molecule has 0 spiro atoms. The first-order valence-corrected chi connectivity index (χ1v) is 6.61. The summed E-state index contributed by atoms with van der Waals surface area (Å²) in [5.74, 6) is 0. The summed E-state index contributed by atoms with van der Waals surface area (Å²) in [5, 5.41) is 15.0. The van der Waals surface area contributed by atoms with Gasteiger partial charge in [0, 0.05) is 23.2 Å². The lowest BCUT2D eigenvalue weighted by atomic mass is 9.93. The molecule has 0 amide bonds. The van der Waals surface area contributed by atoms with Gasteiger partial charge in [0.25, 0.3) is 0 Å². The van der Waals surface area contributed by atoms with Crippen LogP contribution in [-0.4, -0.2) is 22.7 Å². The fraction of sp³-hybridized carbons (Fsp3) is 0.400. The molecular weight excluding hydrogens is 224 g/mol. The Morgan fingerprint density at radius 1 is 1.22 bits per heavy atom. The van der Waals surface area contributed by atoms with E-state index in [1.54, 1.807) is 6.20 Å². The topological polar surface area (TPSA) is 45.2 Å². The van der Waals surface area contributed by atoms with Crippen LogP contribution in [0.25, 0.3) is 10.9 Å². The van der Waals surface area contributed by atoms with E-state index >= 15 is 0 Å². The normalized spacial score (nSPS) is 21.9. The maximum absolute atomic E-state index is 10.5. The molecule has 1 fully saturated rings. The highest BCUT2D eigenvalue weighted by molar-refractivity contribution is 5.81. The number of fused-ring (bicyclic) bond motifs is 1. The molecule has 18 heavy (non-hydrogen) atoms. The second-order valence-corrected chi connectivity index (χ2v) is 4.92. The van der Waals surface area contributed by atoms with Crippen molar-refractivity contribution < 1.29 is 5.11 Å². The van der Waals surface area contributed by atoms with Gasteiger partial charge in [-0.25, -0.2) is 0 Å². The van der Waals surface area contributed by atoms with Crippen molar-refractivity contribution in [1.29, 1.82) is 0 Å². The molecule has 1 aliphatic heterocycles. The summed E-state index contributed by atoms with van der Waals surface area (Å²) < 4.78 is 0. The van der Waals surface area contributed by atoms with Crippen LogP contribution < -0.4 is 5.32 Å². The minimum absolute atomic E-state index is 0.159. The van der Waals surface area contributed by atoms with Crippen molar-refractivity contribution in [2.45, 2.75) is 31.4 Å². The van der Waals surface area contributed by atoms with E-state index in [9.17, 15) is 5.11 Å². The molecule has 0 aliphatic carbocycles. The number of aliphatic hydroxyl groups is 1. The van der Waals surface area contributed by atoms with Crippen molar-refractivity contribution in [3.63, 3.8) is 0 Å². The number of hydrogen-bond donors (Lipinski definition) is 2. The van der Waals surface area contributed by atoms with E-state index in [1.165, 1.54) is 12.8 Å². The van der Waals surface area contributed by atoms with Crippen LogP contribution in [0.5, 0.6) is 0 Å². The van der Waals surface area contributed by atoms with Gasteiger partial charge >= 0.3 is 0 Å². The fourth-order valence-electron chi connectivity index (χ4n) is 2.73.